The monoisotopic (exact) mass is 600 g/mol. The van der Waals surface area contributed by atoms with Crippen LogP contribution in [0.5, 0.6) is 17.4 Å². The zero-order chi connectivity index (χ0) is 30.7. The van der Waals surface area contributed by atoms with Crippen LogP contribution in [0.15, 0.2) is 48.8 Å². The molecule has 2 atom stereocenters. The Morgan fingerprint density at radius 3 is 2.26 bits per heavy atom. The Hall–Kier alpha value is -4.17. The first-order valence-corrected chi connectivity index (χ1v) is 14.7. The Labute approximate surface area is 243 Å². The molecule has 0 spiro atoms. The number of methoxy groups -OCH3 is 2. The number of rotatable bonds is 12. The number of ether oxygens (including phenoxy) is 3. The molecule has 3 heterocycles. The Kier molecular flexibility index (Phi) is 9.06. The summed E-state index contributed by atoms with van der Waals surface area (Å²) in [4.78, 5) is 12.1. The summed E-state index contributed by atoms with van der Waals surface area (Å²) in [5.41, 5.74) is -0.0389. The van der Waals surface area contributed by atoms with Crippen molar-refractivity contribution in [2.24, 2.45) is 0 Å². The zero-order valence-corrected chi connectivity index (χ0v) is 25.0. The van der Waals surface area contributed by atoms with Crippen molar-refractivity contribution < 1.29 is 32.1 Å². The van der Waals surface area contributed by atoms with Crippen LogP contribution in [0.1, 0.15) is 45.1 Å². The quantitative estimate of drug-likeness (QED) is 0.254. The maximum absolute atomic E-state index is 13.7. The number of sulfone groups is 1. The third-order valence-electron chi connectivity index (χ3n) is 6.59. The summed E-state index contributed by atoms with van der Waals surface area (Å²) >= 11 is 0. The number of para-hydroxylation sites is 1. The number of nitrogens with zero attached hydrogens (tertiary/aromatic N) is 6. The second kappa shape index (κ2) is 12.4. The molecule has 3 aromatic heterocycles. The molecule has 0 fully saturated rings. The Morgan fingerprint density at radius 1 is 1.00 bits per heavy atom. The van der Waals surface area contributed by atoms with Crippen LogP contribution in [0.2, 0.25) is 0 Å². The summed E-state index contributed by atoms with van der Waals surface area (Å²) in [5, 5.41) is 17.7. The SMILES string of the molecule is COc1cccc(OC)c1-n1c(CS(=O)(=O)[C@@H](C)[C@H](C)c2cnc(F)cn2)nnc1-c1cccc(OCC(C)(C)O)n1. The molecule has 0 saturated heterocycles. The first-order valence-electron chi connectivity index (χ1n) is 13.0. The number of benzene rings is 1. The lowest BCUT2D eigenvalue weighted by Crippen LogP contribution is -2.28. The molecule has 0 aliphatic carbocycles. The van der Waals surface area contributed by atoms with Crippen LogP contribution in [0.25, 0.3) is 17.2 Å². The van der Waals surface area contributed by atoms with Crippen LogP contribution in [-0.4, -0.2) is 74.9 Å². The van der Waals surface area contributed by atoms with Crippen molar-refractivity contribution in [2.75, 3.05) is 20.8 Å². The average molecular weight is 601 g/mol. The first-order chi connectivity index (χ1) is 19.8. The number of pyridine rings is 1. The average Bonchev–Trinajstić information content (AvgIpc) is 3.37. The molecule has 0 aliphatic heterocycles. The maximum atomic E-state index is 13.7. The molecule has 1 aromatic carbocycles. The molecule has 0 bridgehead atoms. The van der Waals surface area contributed by atoms with Gasteiger partial charge in [-0.15, -0.1) is 10.2 Å². The maximum Gasteiger partial charge on any atom is 0.231 e. The van der Waals surface area contributed by atoms with Gasteiger partial charge in [-0.25, -0.2) is 18.4 Å². The summed E-state index contributed by atoms with van der Waals surface area (Å²) < 4.78 is 59.2. The lowest BCUT2D eigenvalue weighted by atomic mass is 10.1. The summed E-state index contributed by atoms with van der Waals surface area (Å²) in [7, 11) is -0.918. The van der Waals surface area contributed by atoms with Gasteiger partial charge in [-0.3, -0.25) is 9.55 Å². The highest BCUT2D eigenvalue weighted by atomic mass is 32.2. The molecular formula is C28H33FN6O6S. The molecule has 0 unspecified atom stereocenters. The van der Waals surface area contributed by atoms with Gasteiger partial charge in [-0.1, -0.05) is 19.1 Å². The van der Waals surface area contributed by atoms with Gasteiger partial charge >= 0.3 is 0 Å². The smallest absolute Gasteiger partial charge is 0.231 e. The van der Waals surface area contributed by atoms with Crippen LogP contribution in [-0.2, 0) is 15.6 Å². The predicted octanol–water partition coefficient (Wildman–Crippen LogP) is 3.53. The molecule has 224 valence electrons. The van der Waals surface area contributed by atoms with E-state index in [1.807, 2.05) is 0 Å². The molecule has 14 heteroatoms. The van der Waals surface area contributed by atoms with E-state index in [2.05, 4.69) is 25.1 Å². The molecule has 4 rings (SSSR count). The molecule has 0 radical (unpaired) electrons. The van der Waals surface area contributed by atoms with Gasteiger partial charge < -0.3 is 19.3 Å². The van der Waals surface area contributed by atoms with E-state index >= 15 is 0 Å². The van der Waals surface area contributed by atoms with Crippen molar-refractivity contribution >= 4 is 9.84 Å². The van der Waals surface area contributed by atoms with Gasteiger partial charge in [0.2, 0.25) is 11.8 Å². The molecule has 0 amide bonds. The van der Waals surface area contributed by atoms with E-state index in [0.29, 0.717) is 28.6 Å². The highest BCUT2D eigenvalue weighted by Crippen LogP contribution is 2.37. The first kappa shape index (κ1) is 30.8. The van der Waals surface area contributed by atoms with Crippen molar-refractivity contribution in [1.29, 1.82) is 0 Å². The molecule has 42 heavy (non-hydrogen) atoms. The van der Waals surface area contributed by atoms with Gasteiger partial charge in [0.15, 0.2) is 21.5 Å². The van der Waals surface area contributed by atoms with Crippen LogP contribution >= 0.6 is 0 Å². The number of aromatic nitrogens is 6. The van der Waals surface area contributed by atoms with Crippen molar-refractivity contribution in [3.8, 4) is 34.6 Å². The molecule has 12 nitrogen and oxygen atoms in total. The summed E-state index contributed by atoms with van der Waals surface area (Å²) in [6.07, 6.45) is 2.18. The van der Waals surface area contributed by atoms with Crippen molar-refractivity contribution in [3.63, 3.8) is 0 Å². The highest BCUT2D eigenvalue weighted by molar-refractivity contribution is 7.91. The van der Waals surface area contributed by atoms with Crippen molar-refractivity contribution in [2.45, 2.75) is 50.2 Å². The minimum Gasteiger partial charge on any atom is -0.494 e. The van der Waals surface area contributed by atoms with E-state index in [1.165, 1.54) is 25.0 Å². The normalized spacial score (nSPS) is 13.4. The van der Waals surface area contributed by atoms with Crippen molar-refractivity contribution in [1.82, 2.24) is 29.7 Å². The third-order valence-corrected chi connectivity index (χ3v) is 8.79. The molecule has 4 aromatic rings. The Balaban J connectivity index is 1.81. The summed E-state index contributed by atoms with van der Waals surface area (Å²) in [6.45, 7) is 6.46. The fourth-order valence-electron chi connectivity index (χ4n) is 4.15. The lowest BCUT2D eigenvalue weighted by Gasteiger charge is -2.21. The van der Waals surface area contributed by atoms with Gasteiger partial charge in [-0.05, 0) is 39.0 Å². The number of aliphatic hydroxyl groups is 1. The Bertz CT molecular complexity index is 1620. The predicted molar refractivity (Wildman–Crippen MR) is 152 cm³/mol. The fraction of sp³-hybridized carbons (Fsp3) is 0.393. The van der Waals surface area contributed by atoms with E-state index < -0.39 is 38.3 Å². The highest BCUT2D eigenvalue weighted by Gasteiger charge is 2.33. The Morgan fingerprint density at radius 2 is 1.67 bits per heavy atom. The molecular weight excluding hydrogens is 567 g/mol. The number of hydrogen-bond acceptors (Lipinski definition) is 11. The largest absolute Gasteiger partial charge is 0.494 e. The van der Waals surface area contributed by atoms with E-state index in [0.717, 1.165) is 6.20 Å². The molecule has 0 saturated carbocycles. The van der Waals surface area contributed by atoms with E-state index in [1.54, 1.807) is 64.1 Å². The second-order valence-electron chi connectivity index (χ2n) is 10.3. The molecule has 1 N–H and O–H groups in total. The minimum atomic E-state index is -3.88. The summed E-state index contributed by atoms with van der Waals surface area (Å²) in [5.74, 6) is -0.562. The minimum absolute atomic E-state index is 0.00548. The van der Waals surface area contributed by atoms with Gasteiger partial charge in [0.05, 0.1) is 43.2 Å². The summed E-state index contributed by atoms with van der Waals surface area (Å²) in [6, 6.07) is 10.1. The van der Waals surface area contributed by atoms with E-state index in [4.69, 9.17) is 14.2 Å². The lowest BCUT2D eigenvalue weighted by molar-refractivity contribution is 0.0269. The fourth-order valence-corrected chi connectivity index (χ4v) is 5.72. The second-order valence-corrected chi connectivity index (χ2v) is 12.7. The van der Waals surface area contributed by atoms with Crippen LogP contribution in [0.4, 0.5) is 4.39 Å². The standard InChI is InChI=1S/C28H33FN6O6S/c1-17(20-13-31-23(29)14-30-20)18(2)42(37,38)15-24-33-34-27(19-9-7-12-25(32-19)41-16-28(3,4)36)35(24)26-21(39-5)10-8-11-22(26)40-6/h7-14,17-18,36H,15-16H2,1-6H3/t17-,18-/m0/s1. The third kappa shape index (κ3) is 6.82. The molecule has 0 aliphatic rings. The number of hydrogen-bond donors (Lipinski definition) is 1. The van der Waals surface area contributed by atoms with E-state index in [9.17, 15) is 17.9 Å². The van der Waals surface area contributed by atoms with Crippen LogP contribution in [0, 0.1) is 5.95 Å². The van der Waals surface area contributed by atoms with Gasteiger partial charge in [0.1, 0.15) is 35.2 Å². The van der Waals surface area contributed by atoms with Crippen LogP contribution in [0.3, 0.4) is 0 Å². The van der Waals surface area contributed by atoms with Gasteiger partial charge in [0, 0.05) is 12.0 Å². The van der Waals surface area contributed by atoms with Gasteiger partial charge in [-0.2, -0.15) is 4.39 Å². The zero-order valence-electron chi connectivity index (χ0n) is 24.1. The van der Waals surface area contributed by atoms with Gasteiger partial charge in [0.25, 0.3) is 0 Å². The van der Waals surface area contributed by atoms with Crippen LogP contribution < -0.4 is 14.2 Å². The number of halogens is 1. The van der Waals surface area contributed by atoms with Crippen molar-refractivity contribution in [3.05, 3.63) is 66.3 Å². The van der Waals surface area contributed by atoms with E-state index in [-0.39, 0.29) is 24.1 Å². The topological polar surface area (TPSA) is 151 Å².